The number of carbonyl (C=O) groups excluding carboxylic acids is 1. The monoisotopic (exact) mass is 210 g/mol. The van der Waals surface area contributed by atoms with Gasteiger partial charge in [0.05, 0.1) is 6.61 Å². The zero-order chi connectivity index (χ0) is 10.8. The fourth-order valence-corrected chi connectivity index (χ4v) is 1.55. The maximum Gasteiger partial charge on any atom is 0.272 e. The molecule has 0 aromatic carbocycles. The van der Waals surface area contributed by atoms with E-state index in [9.17, 15) is 4.79 Å². The number of carbonyl (C=O) groups is 1. The molecule has 1 aromatic rings. The van der Waals surface area contributed by atoms with E-state index in [1.165, 1.54) is 6.07 Å². The Hall–Kier alpha value is -1.56. The molecule has 82 valence electrons. The first-order valence-electron chi connectivity index (χ1n) is 4.95. The molecule has 1 aliphatic carbocycles. The summed E-state index contributed by atoms with van der Waals surface area (Å²) in [6, 6.07) is 1.78. The molecule has 0 atom stereocenters. The van der Waals surface area contributed by atoms with Crippen LogP contribution in [0.5, 0.6) is 0 Å². The van der Waals surface area contributed by atoms with Crippen molar-refractivity contribution < 1.29 is 9.90 Å². The van der Waals surface area contributed by atoms with Crippen LogP contribution in [0.1, 0.15) is 23.3 Å². The first kappa shape index (κ1) is 9.97. The summed E-state index contributed by atoms with van der Waals surface area (Å²) in [6.45, 7) is 0.342. The van der Waals surface area contributed by atoms with E-state index in [2.05, 4.69) is 10.2 Å². The van der Waals surface area contributed by atoms with Crippen LogP contribution in [0.25, 0.3) is 0 Å². The Balaban J connectivity index is 2.10. The zero-order valence-electron chi connectivity index (χ0n) is 8.31. The van der Waals surface area contributed by atoms with Crippen LogP contribution in [-0.4, -0.2) is 45.3 Å². The Labute approximate surface area is 87.1 Å². The molecular formula is C9H14N4O2. The second-order valence-corrected chi connectivity index (χ2v) is 3.66. The Morgan fingerprint density at radius 2 is 2.47 bits per heavy atom. The van der Waals surface area contributed by atoms with Crippen molar-refractivity contribution in [3.8, 4) is 0 Å². The van der Waals surface area contributed by atoms with Crippen molar-refractivity contribution in [2.45, 2.75) is 18.9 Å². The molecule has 0 bridgehead atoms. The van der Waals surface area contributed by atoms with Gasteiger partial charge in [0.25, 0.3) is 5.91 Å². The molecule has 1 saturated carbocycles. The van der Waals surface area contributed by atoms with Crippen LogP contribution in [0.3, 0.4) is 0 Å². The summed E-state index contributed by atoms with van der Waals surface area (Å²) in [5.41, 5.74) is 5.80. The molecule has 1 fully saturated rings. The Kier molecular flexibility index (Phi) is 2.59. The second kappa shape index (κ2) is 3.90. The highest BCUT2D eigenvalue weighted by molar-refractivity contribution is 5.93. The molecule has 1 amide bonds. The molecule has 1 heterocycles. The van der Waals surface area contributed by atoms with Crippen LogP contribution in [0.15, 0.2) is 6.07 Å². The maximum atomic E-state index is 11.9. The number of amides is 1. The predicted molar refractivity (Wildman–Crippen MR) is 54.1 cm³/mol. The number of rotatable bonds is 4. The third-order valence-electron chi connectivity index (χ3n) is 2.42. The number of H-pyrrole nitrogens is 1. The van der Waals surface area contributed by atoms with E-state index in [1.807, 2.05) is 0 Å². The predicted octanol–water partition coefficient (Wildman–Crippen LogP) is -0.411. The molecule has 1 aromatic heterocycles. The van der Waals surface area contributed by atoms with Crippen LogP contribution in [-0.2, 0) is 0 Å². The largest absolute Gasteiger partial charge is 0.395 e. The maximum absolute atomic E-state index is 11.9. The minimum absolute atomic E-state index is 0.0220. The lowest BCUT2D eigenvalue weighted by atomic mass is 10.3. The van der Waals surface area contributed by atoms with Crippen molar-refractivity contribution in [3.63, 3.8) is 0 Å². The molecule has 4 N–H and O–H groups in total. The highest BCUT2D eigenvalue weighted by Gasteiger charge is 2.33. The number of nitrogen functional groups attached to an aromatic ring is 1. The number of nitrogens with two attached hydrogens (primary N) is 1. The van der Waals surface area contributed by atoms with Gasteiger partial charge in [0, 0.05) is 18.7 Å². The standard InChI is InChI=1S/C9H14N4O2/c10-8-5-7(11-12-8)9(15)13(3-4-14)6-1-2-6/h5-6,14H,1-4H2,(H3,10,11,12). The van der Waals surface area contributed by atoms with E-state index < -0.39 is 0 Å². The van der Waals surface area contributed by atoms with Crippen LogP contribution < -0.4 is 5.73 Å². The van der Waals surface area contributed by atoms with E-state index in [4.69, 9.17) is 10.8 Å². The summed E-state index contributed by atoms with van der Waals surface area (Å²) in [5, 5.41) is 15.2. The molecule has 1 aliphatic rings. The average molecular weight is 210 g/mol. The summed E-state index contributed by atoms with van der Waals surface area (Å²) in [4.78, 5) is 13.6. The molecule has 0 unspecified atom stereocenters. The Morgan fingerprint density at radius 3 is 2.93 bits per heavy atom. The van der Waals surface area contributed by atoms with Crippen molar-refractivity contribution in [2.75, 3.05) is 18.9 Å². The van der Waals surface area contributed by atoms with Gasteiger partial charge in [0.2, 0.25) is 0 Å². The summed E-state index contributed by atoms with van der Waals surface area (Å²) in [6.07, 6.45) is 2.02. The fourth-order valence-electron chi connectivity index (χ4n) is 1.55. The van der Waals surface area contributed by atoms with Crippen molar-refractivity contribution in [1.82, 2.24) is 15.1 Å². The Bertz CT molecular complexity index is 359. The number of aliphatic hydroxyl groups excluding tert-OH is 1. The van der Waals surface area contributed by atoms with E-state index in [0.29, 0.717) is 18.1 Å². The fraction of sp³-hybridized carbons (Fsp3) is 0.556. The Morgan fingerprint density at radius 1 is 1.73 bits per heavy atom. The lowest BCUT2D eigenvalue weighted by Crippen LogP contribution is -2.35. The average Bonchev–Trinajstić information content (AvgIpc) is 2.96. The lowest BCUT2D eigenvalue weighted by molar-refractivity contribution is 0.0701. The smallest absolute Gasteiger partial charge is 0.272 e. The summed E-state index contributed by atoms with van der Waals surface area (Å²) in [5.74, 6) is 0.161. The molecule has 0 radical (unpaired) electrons. The molecule has 0 aliphatic heterocycles. The van der Waals surface area contributed by atoms with Crippen LogP contribution in [0.2, 0.25) is 0 Å². The van der Waals surface area contributed by atoms with Gasteiger partial charge in [-0.1, -0.05) is 0 Å². The van der Waals surface area contributed by atoms with Crippen molar-refractivity contribution >= 4 is 11.7 Å². The minimum Gasteiger partial charge on any atom is -0.395 e. The number of aliphatic hydroxyl groups is 1. The van der Waals surface area contributed by atoms with Gasteiger partial charge in [0.1, 0.15) is 11.5 Å². The van der Waals surface area contributed by atoms with E-state index >= 15 is 0 Å². The highest BCUT2D eigenvalue weighted by atomic mass is 16.3. The molecular weight excluding hydrogens is 196 g/mol. The van der Waals surface area contributed by atoms with Gasteiger partial charge in [-0.15, -0.1) is 0 Å². The molecule has 2 rings (SSSR count). The zero-order valence-corrected chi connectivity index (χ0v) is 8.31. The third kappa shape index (κ3) is 2.10. The van der Waals surface area contributed by atoms with Gasteiger partial charge in [-0.25, -0.2) is 0 Å². The van der Waals surface area contributed by atoms with Crippen molar-refractivity contribution in [2.24, 2.45) is 0 Å². The normalized spacial score (nSPS) is 15.3. The van der Waals surface area contributed by atoms with Crippen molar-refractivity contribution in [3.05, 3.63) is 11.8 Å². The number of aromatic amines is 1. The van der Waals surface area contributed by atoms with Gasteiger partial charge in [-0.3, -0.25) is 9.89 Å². The molecule has 15 heavy (non-hydrogen) atoms. The summed E-state index contributed by atoms with van der Waals surface area (Å²) >= 11 is 0. The van der Waals surface area contributed by atoms with Crippen molar-refractivity contribution in [1.29, 1.82) is 0 Å². The summed E-state index contributed by atoms with van der Waals surface area (Å²) in [7, 11) is 0. The number of anilines is 1. The minimum atomic E-state index is -0.143. The molecule has 0 saturated heterocycles. The first-order chi connectivity index (χ1) is 7.22. The second-order valence-electron chi connectivity index (χ2n) is 3.66. The van der Waals surface area contributed by atoms with E-state index in [0.717, 1.165) is 12.8 Å². The van der Waals surface area contributed by atoms with Crippen LogP contribution in [0.4, 0.5) is 5.82 Å². The quantitative estimate of drug-likeness (QED) is 0.629. The number of nitrogens with zero attached hydrogens (tertiary/aromatic N) is 2. The number of aromatic nitrogens is 2. The molecule has 0 spiro atoms. The SMILES string of the molecule is Nc1cc(C(=O)N(CCO)C2CC2)[nH]n1. The van der Waals surface area contributed by atoms with E-state index in [1.54, 1.807) is 4.90 Å². The van der Waals surface area contributed by atoms with Gasteiger partial charge >= 0.3 is 0 Å². The first-order valence-corrected chi connectivity index (χ1v) is 4.95. The number of nitrogens with one attached hydrogen (secondary N) is 1. The third-order valence-corrected chi connectivity index (χ3v) is 2.42. The van der Waals surface area contributed by atoms with Crippen LogP contribution >= 0.6 is 0 Å². The van der Waals surface area contributed by atoms with E-state index in [-0.39, 0.29) is 18.6 Å². The number of hydrogen-bond donors (Lipinski definition) is 3. The lowest BCUT2D eigenvalue weighted by Gasteiger charge is -2.20. The van der Waals surface area contributed by atoms with Gasteiger partial charge in [-0.2, -0.15) is 5.10 Å². The number of hydrogen-bond acceptors (Lipinski definition) is 4. The van der Waals surface area contributed by atoms with Gasteiger partial charge in [-0.05, 0) is 12.8 Å². The van der Waals surface area contributed by atoms with Gasteiger partial charge in [0.15, 0.2) is 0 Å². The van der Waals surface area contributed by atoms with Crippen LogP contribution in [0, 0.1) is 0 Å². The molecule has 6 heteroatoms. The van der Waals surface area contributed by atoms with Gasteiger partial charge < -0.3 is 15.7 Å². The summed E-state index contributed by atoms with van der Waals surface area (Å²) < 4.78 is 0. The molecule has 6 nitrogen and oxygen atoms in total. The topological polar surface area (TPSA) is 95.2 Å². The highest BCUT2D eigenvalue weighted by Crippen LogP contribution is 2.27.